The molecule has 0 spiro atoms. The second kappa shape index (κ2) is 5.45. The highest BCUT2D eigenvalue weighted by Gasteiger charge is 2.06. The van der Waals surface area contributed by atoms with Gasteiger partial charge in [0.2, 0.25) is 0 Å². The van der Waals surface area contributed by atoms with E-state index in [-0.39, 0.29) is 10.8 Å². The number of nitrogens with one attached hydrogen (secondary N) is 2. The molecule has 0 aliphatic heterocycles. The monoisotopic (exact) mass is 279 g/mol. The van der Waals surface area contributed by atoms with Crippen molar-refractivity contribution in [3.05, 3.63) is 46.7 Å². The maximum atomic E-state index is 11.5. The molecule has 0 unspecified atom stereocenters. The lowest BCUT2D eigenvalue weighted by Crippen LogP contribution is -2.17. The number of H-pyrrole nitrogens is 1. The lowest BCUT2D eigenvalue weighted by Gasteiger charge is -2.01. The number of hydrogen-bond donors (Lipinski definition) is 4. The number of aromatic hydroxyl groups is 2. The van der Waals surface area contributed by atoms with E-state index in [4.69, 9.17) is 11.6 Å². The number of aromatic amines is 1. The average molecular weight is 280 g/mol. The summed E-state index contributed by atoms with van der Waals surface area (Å²) in [5, 5.41) is 22.3. The third kappa shape index (κ3) is 3.05. The Bertz CT molecular complexity index is 600. The van der Waals surface area contributed by atoms with E-state index >= 15 is 0 Å². The number of hydrogen-bond acceptors (Lipinski definition) is 4. The Morgan fingerprint density at radius 2 is 2.21 bits per heavy atom. The highest BCUT2D eigenvalue weighted by molar-refractivity contribution is 6.32. The van der Waals surface area contributed by atoms with E-state index in [0.717, 1.165) is 0 Å². The lowest BCUT2D eigenvalue weighted by atomic mass is 10.2. The number of halogens is 1. The van der Waals surface area contributed by atoms with Crippen molar-refractivity contribution in [3.63, 3.8) is 0 Å². The number of amides is 1. The molecule has 0 saturated heterocycles. The quantitative estimate of drug-likeness (QED) is 0.392. The summed E-state index contributed by atoms with van der Waals surface area (Å²) in [6.07, 6.45) is 2.92. The zero-order valence-electron chi connectivity index (χ0n) is 9.59. The SMILES string of the molecule is O=C(N/N=C/c1cc(O)c(O)c(Cl)c1)c1ccc[nH]1. The molecule has 0 saturated carbocycles. The second-order valence-electron chi connectivity index (χ2n) is 3.65. The first-order valence-corrected chi connectivity index (χ1v) is 5.64. The smallest absolute Gasteiger partial charge is 0.287 e. The number of nitrogens with zero attached hydrogens (tertiary/aromatic N) is 1. The Morgan fingerprint density at radius 3 is 2.84 bits per heavy atom. The molecule has 0 bridgehead atoms. The second-order valence-corrected chi connectivity index (χ2v) is 4.06. The molecular formula is C12H10ClN3O3. The fourth-order valence-electron chi connectivity index (χ4n) is 1.38. The molecule has 98 valence electrons. The fourth-order valence-corrected chi connectivity index (χ4v) is 1.60. The molecule has 0 atom stereocenters. The summed E-state index contributed by atoms with van der Waals surface area (Å²) in [6, 6.07) is 5.97. The van der Waals surface area contributed by atoms with Crippen molar-refractivity contribution >= 4 is 23.7 Å². The minimum Gasteiger partial charge on any atom is -0.504 e. The standard InChI is InChI=1S/C12H10ClN3O3/c13-8-4-7(5-10(17)11(8)18)6-15-16-12(19)9-2-1-3-14-9/h1-6,14,17-18H,(H,16,19)/b15-6+. The van der Waals surface area contributed by atoms with Gasteiger partial charge in [-0.15, -0.1) is 0 Å². The van der Waals surface area contributed by atoms with Gasteiger partial charge in [-0.3, -0.25) is 4.79 Å². The molecule has 4 N–H and O–H groups in total. The van der Waals surface area contributed by atoms with Gasteiger partial charge in [-0.2, -0.15) is 5.10 Å². The molecule has 1 heterocycles. The van der Waals surface area contributed by atoms with Crippen LogP contribution in [-0.4, -0.2) is 27.3 Å². The van der Waals surface area contributed by atoms with Crippen LogP contribution in [0.1, 0.15) is 16.1 Å². The molecule has 2 rings (SSSR count). The van der Waals surface area contributed by atoms with E-state index in [1.807, 2.05) is 0 Å². The highest BCUT2D eigenvalue weighted by Crippen LogP contribution is 2.33. The lowest BCUT2D eigenvalue weighted by molar-refractivity contribution is 0.0951. The van der Waals surface area contributed by atoms with Gasteiger partial charge < -0.3 is 15.2 Å². The van der Waals surface area contributed by atoms with Crippen molar-refractivity contribution in [2.45, 2.75) is 0 Å². The third-order valence-electron chi connectivity index (χ3n) is 2.29. The van der Waals surface area contributed by atoms with Gasteiger partial charge in [-0.25, -0.2) is 5.43 Å². The van der Waals surface area contributed by atoms with Crippen LogP contribution in [0.25, 0.3) is 0 Å². The van der Waals surface area contributed by atoms with E-state index in [1.54, 1.807) is 18.3 Å². The molecule has 2 aromatic rings. The summed E-state index contributed by atoms with van der Waals surface area (Å²) in [5.41, 5.74) is 3.11. The first-order valence-electron chi connectivity index (χ1n) is 5.26. The zero-order chi connectivity index (χ0) is 13.8. The minimum absolute atomic E-state index is 0.00264. The topological polar surface area (TPSA) is 97.7 Å². The van der Waals surface area contributed by atoms with Crippen LogP contribution in [0.2, 0.25) is 5.02 Å². The van der Waals surface area contributed by atoms with Crippen molar-refractivity contribution in [2.75, 3.05) is 0 Å². The Balaban J connectivity index is 2.05. The molecule has 0 aliphatic carbocycles. The largest absolute Gasteiger partial charge is 0.504 e. The van der Waals surface area contributed by atoms with Gasteiger partial charge in [0.05, 0.1) is 11.2 Å². The van der Waals surface area contributed by atoms with Crippen molar-refractivity contribution in [1.82, 2.24) is 10.4 Å². The molecule has 7 heteroatoms. The number of carbonyl (C=O) groups excluding carboxylic acids is 1. The van der Waals surface area contributed by atoms with Crippen molar-refractivity contribution in [1.29, 1.82) is 0 Å². The number of phenolic OH excluding ortho intramolecular Hbond substituents is 2. The minimum atomic E-state index is -0.394. The average Bonchev–Trinajstić information content (AvgIpc) is 2.89. The Labute approximate surface area is 113 Å². The van der Waals surface area contributed by atoms with Crippen LogP contribution in [0.3, 0.4) is 0 Å². The highest BCUT2D eigenvalue weighted by atomic mass is 35.5. The van der Waals surface area contributed by atoms with Gasteiger partial charge in [0, 0.05) is 6.20 Å². The van der Waals surface area contributed by atoms with E-state index < -0.39 is 11.7 Å². The van der Waals surface area contributed by atoms with Crippen LogP contribution in [0, 0.1) is 0 Å². The van der Waals surface area contributed by atoms with Crippen LogP contribution in [0.5, 0.6) is 11.5 Å². The van der Waals surface area contributed by atoms with Crippen molar-refractivity contribution in [3.8, 4) is 11.5 Å². The van der Waals surface area contributed by atoms with E-state index in [1.165, 1.54) is 18.3 Å². The van der Waals surface area contributed by atoms with Gasteiger partial charge >= 0.3 is 0 Å². The van der Waals surface area contributed by atoms with Crippen molar-refractivity contribution in [2.24, 2.45) is 5.10 Å². The predicted molar refractivity (Wildman–Crippen MR) is 70.6 cm³/mol. The first kappa shape index (κ1) is 13.0. The molecule has 6 nitrogen and oxygen atoms in total. The molecule has 1 amide bonds. The molecule has 0 fully saturated rings. The first-order chi connectivity index (χ1) is 9.08. The van der Waals surface area contributed by atoms with Crippen LogP contribution >= 0.6 is 11.6 Å². The summed E-state index contributed by atoms with van der Waals surface area (Å²) in [5.74, 6) is -1.14. The summed E-state index contributed by atoms with van der Waals surface area (Å²) < 4.78 is 0. The van der Waals surface area contributed by atoms with Gasteiger partial charge in [-0.05, 0) is 29.8 Å². The number of hydrazone groups is 1. The van der Waals surface area contributed by atoms with Crippen LogP contribution in [0.15, 0.2) is 35.6 Å². The van der Waals surface area contributed by atoms with Gasteiger partial charge in [0.1, 0.15) is 5.69 Å². The predicted octanol–water partition coefficient (Wildman–Crippen LogP) is 1.84. The van der Waals surface area contributed by atoms with E-state index in [2.05, 4.69) is 15.5 Å². The van der Waals surface area contributed by atoms with Crippen LogP contribution in [0.4, 0.5) is 0 Å². The zero-order valence-corrected chi connectivity index (χ0v) is 10.3. The number of benzene rings is 1. The summed E-state index contributed by atoms with van der Waals surface area (Å²) in [4.78, 5) is 14.2. The van der Waals surface area contributed by atoms with E-state index in [9.17, 15) is 15.0 Å². The molecule has 0 aliphatic rings. The Hall–Kier alpha value is -2.47. The molecule has 19 heavy (non-hydrogen) atoms. The number of aromatic nitrogens is 1. The fraction of sp³-hybridized carbons (Fsp3) is 0. The molecule has 1 aromatic carbocycles. The Morgan fingerprint density at radius 1 is 1.42 bits per heavy atom. The summed E-state index contributed by atoms with van der Waals surface area (Å²) in [6.45, 7) is 0. The molecule has 0 radical (unpaired) electrons. The van der Waals surface area contributed by atoms with Gasteiger partial charge in [0.25, 0.3) is 5.91 Å². The summed E-state index contributed by atoms with van der Waals surface area (Å²) >= 11 is 5.68. The molecule has 1 aromatic heterocycles. The van der Waals surface area contributed by atoms with Crippen LogP contribution < -0.4 is 5.43 Å². The third-order valence-corrected chi connectivity index (χ3v) is 2.58. The number of carbonyl (C=O) groups is 1. The maximum absolute atomic E-state index is 11.5. The maximum Gasteiger partial charge on any atom is 0.287 e. The summed E-state index contributed by atoms with van der Waals surface area (Å²) in [7, 11) is 0. The normalized spacial score (nSPS) is 10.8. The van der Waals surface area contributed by atoms with E-state index in [0.29, 0.717) is 11.3 Å². The van der Waals surface area contributed by atoms with Crippen molar-refractivity contribution < 1.29 is 15.0 Å². The number of rotatable bonds is 3. The molecular weight excluding hydrogens is 270 g/mol. The van der Waals surface area contributed by atoms with Gasteiger partial charge in [-0.1, -0.05) is 11.6 Å². The Kier molecular flexibility index (Phi) is 3.72. The van der Waals surface area contributed by atoms with Gasteiger partial charge in [0.15, 0.2) is 11.5 Å². The van der Waals surface area contributed by atoms with Crippen LogP contribution in [-0.2, 0) is 0 Å². The number of phenols is 2.